The molecule has 2 N–H and O–H groups in total. The topological polar surface area (TPSA) is 130 Å². The number of fused-ring (bicyclic) bond motifs is 1. The van der Waals surface area contributed by atoms with Crippen molar-refractivity contribution >= 4 is 29.3 Å². The lowest BCUT2D eigenvalue weighted by Gasteiger charge is -2.36. The van der Waals surface area contributed by atoms with Crippen LogP contribution in [-0.4, -0.2) is 80.9 Å². The van der Waals surface area contributed by atoms with Gasteiger partial charge in [-0.15, -0.1) is 0 Å². The number of likely N-dealkylation sites (tertiary alicyclic amines) is 1. The Kier molecular flexibility index (Phi) is 6.40. The molecular formula is C33H35N7O4. The van der Waals surface area contributed by atoms with Crippen LogP contribution in [-0.2, 0) is 9.59 Å². The first kappa shape index (κ1) is 27.2. The molecule has 4 fully saturated rings. The Morgan fingerprint density at radius 3 is 2.48 bits per heavy atom. The average Bonchev–Trinajstić information content (AvgIpc) is 3.68. The molecule has 0 bridgehead atoms. The van der Waals surface area contributed by atoms with E-state index in [1.807, 2.05) is 0 Å². The molecule has 2 aliphatic carbocycles. The molecule has 3 aromatic rings. The molecule has 0 spiro atoms. The first-order valence-corrected chi connectivity index (χ1v) is 15.7. The Morgan fingerprint density at radius 1 is 0.932 bits per heavy atom. The van der Waals surface area contributed by atoms with E-state index in [2.05, 4.69) is 51.7 Å². The largest absolute Gasteiger partial charge is 0.385 e. The number of rotatable bonds is 8. The zero-order chi connectivity index (χ0) is 30.1. The predicted octanol–water partition coefficient (Wildman–Crippen LogP) is 3.32. The van der Waals surface area contributed by atoms with Crippen LogP contribution in [0.25, 0.3) is 11.3 Å². The Bertz CT molecular complexity index is 1700. The Morgan fingerprint density at radius 2 is 1.73 bits per heavy atom. The second kappa shape index (κ2) is 10.4. The highest BCUT2D eigenvalue weighted by Gasteiger charge is 2.45. The maximum absolute atomic E-state index is 13.2. The maximum atomic E-state index is 13.2. The highest BCUT2D eigenvalue weighted by molar-refractivity contribution is 6.23. The molecular weight excluding hydrogens is 558 g/mol. The van der Waals surface area contributed by atoms with Gasteiger partial charge in [-0.2, -0.15) is 5.10 Å². The molecule has 5 heterocycles. The van der Waals surface area contributed by atoms with Gasteiger partial charge in [-0.05, 0) is 75.4 Å². The number of carbonyl (C=O) groups is 4. The highest BCUT2D eigenvalue weighted by atomic mass is 16.2. The number of piperidine rings is 1. The second-order valence-electron chi connectivity index (χ2n) is 13.1. The summed E-state index contributed by atoms with van der Waals surface area (Å²) in [7, 11) is 2.14. The summed E-state index contributed by atoms with van der Waals surface area (Å²) in [5, 5.41) is 10.8. The number of amides is 4. The normalized spacial score (nSPS) is 25.5. The summed E-state index contributed by atoms with van der Waals surface area (Å²) in [6.45, 7) is 2.87. The van der Waals surface area contributed by atoms with Crippen LogP contribution in [0.15, 0.2) is 42.6 Å². The molecule has 1 aromatic carbocycles. The zero-order valence-corrected chi connectivity index (χ0v) is 24.7. The van der Waals surface area contributed by atoms with Crippen LogP contribution < -0.4 is 10.6 Å². The summed E-state index contributed by atoms with van der Waals surface area (Å²) >= 11 is 0. The Hall–Kier alpha value is -4.38. The van der Waals surface area contributed by atoms with E-state index in [1.165, 1.54) is 29.8 Å². The molecule has 226 valence electrons. The maximum Gasteiger partial charge on any atom is 0.262 e. The van der Waals surface area contributed by atoms with E-state index in [0.717, 1.165) is 48.8 Å². The molecule has 11 heteroatoms. The van der Waals surface area contributed by atoms with Crippen LogP contribution in [0.4, 0.5) is 5.69 Å². The van der Waals surface area contributed by atoms with Gasteiger partial charge in [-0.25, -0.2) is 0 Å². The van der Waals surface area contributed by atoms with E-state index >= 15 is 0 Å². The fourth-order valence-electron chi connectivity index (χ4n) is 7.09. The van der Waals surface area contributed by atoms with Crippen molar-refractivity contribution in [2.45, 2.75) is 62.4 Å². The van der Waals surface area contributed by atoms with Crippen molar-refractivity contribution in [3.05, 3.63) is 65.1 Å². The van der Waals surface area contributed by atoms with Gasteiger partial charge >= 0.3 is 0 Å². The van der Waals surface area contributed by atoms with Crippen LogP contribution in [0, 0.1) is 5.92 Å². The molecule has 44 heavy (non-hydrogen) atoms. The number of benzene rings is 1. The first-order chi connectivity index (χ1) is 21.3. The number of likely N-dealkylation sites (N-methyl/N-ethyl adjacent to an activating group) is 1. The number of aromatic nitrogens is 3. The number of hydrogen-bond acceptors (Lipinski definition) is 8. The molecule has 4 amide bonds. The summed E-state index contributed by atoms with van der Waals surface area (Å²) in [6, 6.07) is 10.9. The number of pyridine rings is 1. The summed E-state index contributed by atoms with van der Waals surface area (Å²) in [5.74, 6) is -0.476. The van der Waals surface area contributed by atoms with Crippen LogP contribution in [0.2, 0.25) is 0 Å². The predicted molar refractivity (Wildman–Crippen MR) is 161 cm³/mol. The third-order valence-electron chi connectivity index (χ3n) is 9.87. The van der Waals surface area contributed by atoms with Crippen molar-refractivity contribution in [1.29, 1.82) is 0 Å². The first-order valence-electron chi connectivity index (χ1n) is 15.7. The Labute approximate surface area is 255 Å². The number of carbonyl (C=O) groups excluding carboxylic acids is 4. The van der Waals surface area contributed by atoms with E-state index in [4.69, 9.17) is 10.1 Å². The average molecular weight is 594 g/mol. The van der Waals surface area contributed by atoms with Gasteiger partial charge in [0, 0.05) is 61.0 Å². The molecule has 0 radical (unpaired) electrons. The number of hydrogen-bond donors (Lipinski definition) is 2. The van der Waals surface area contributed by atoms with Gasteiger partial charge in [0.1, 0.15) is 6.04 Å². The SMILES string of the molecule is CN1CC(c2cccc(-c3cn(C4CC(CNc5ccc6c(c5)C(=O)N(C5CCC(=O)NC5=O)C6=O)C4)nc3C3CC3)n2)C1. The van der Waals surface area contributed by atoms with E-state index in [-0.39, 0.29) is 29.9 Å². The fourth-order valence-corrected chi connectivity index (χ4v) is 7.09. The Balaban J connectivity index is 0.908. The van der Waals surface area contributed by atoms with Crippen molar-refractivity contribution in [1.82, 2.24) is 29.9 Å². The monoisotopic (exact) mass is 593 g/mol. The summed E-state index contributed by atoms with van der Waals surface area (Å²) in [5.41, 5.74) is 5.90. The summed E-state index contributed by atoms with van der Waals surface area (Å²) in [4.78, 5) is 58.4. The minimum Gasteiger partial charge on any atom is -0.385 e. The van der Waals surface area contributed by atoms with Crippen LogP contribution in [0.1, 0.15) is 88.5 Å². The van der Waals surface area contributed by atoms with Gasteiger partial charge in [-0.1, -0.05) is 6.07 Å². The van der Waals surface area contributed by atoms with Crippen LogP contribution in [0.5, 0.6) is 0 Å². The quantitative estimate of drug-likeness (QED) is 0.381. The lowest BCUT2D eigenvalue weighted by atomic mass is 9.80. The number of imide groups is 2. The summed E-state index contributed by atoms with van der Waals surface area (Å²) in [6.07, 6.45) is 6.84. The number of nitrogens with zero attached hydrogens (tertiary/aromatic N) is 5. The highest BCUT2D eigenvalue weighted by Crippen LogP contribution is 2.46. The number of nitrogens with one attached hydrogen (secondary N) is 2. The van der Waals surface area contributed by atoms with Crippen molar-refractivity contribution < 1.29 is 19.2 Å². The molecule has 8 rings (SSSR count). The van der Waals surface area contributed by atoms with E-state index in [1.54, 1.807) is 18.2 Å². The summed E-state index contributed by atoms with van der Waals surface area (Å²) < 4.78 is 2.16. The van der Waals surface area contributed by atoms with E-state index in [0.29, 0.717) is 23.8 Å². The smallest absolute Gasteiger partial charge is 0.262 e. The minimum absolute atomic E-state index is 0.100. The van der Waals surface area contributed by atoms with Crippen molar-refractivity contribution in [2.24, 2.45) is 5.92 Å². The van der Waals surface area contributed by atoms with Gasteiger partial charge in [0.25, 0.3) is 11.8 Å². The molecule has 1 unspecified atom stereocenters. The van der Waals surface area contributed by atoms with Gasteiger partial charge in [-0.3, -0.25) is 39.1 Å². The standard InChI is InChI=1S/C33H35N7O4/c1-38-15-20(16-38)26-3-2-4-27(35-26)25-17-39(37-30(25)19-5-6-19)22-11-18(12-22)14-34-21-7-8-23-24(13-21)33(44)40(32(23)43)28-9-10-29(41)36-31(28)42/h2-4,7-8,13,17-20,22,28,34H,5-6,9-12,14-16H2,1H3,(H,36,41,42). The molecule has 5 aliphatic rings. The third-order valence-corrected chi connectivity index (χ3v) is 9.87. The zero-order valence-electron chi connectivity index (χ0n) is 24.7. The van der Waals surface area contributed by atoms with Gasteiger partial charge in [0.15, 0.2) is 0 Å². The molecule has 2 saturated heterocycles. The lowest BCUT2D eigenvalue weighted by Crippen LogP contribution is -2.54. The fraction of sp³-hybridized carbons (Fsp3) is 0.455. The van der Waals surface area contributed by atoms with Gasteiger partial charge in [0.05, 0.1) is 28.6 Å². The van der Waals surface area contributed by atoms with Crippen LogP contribution in [0.3, 0.4) is 0 Å². The van der Waals surface area contributed by atoms with Crippen molar-refractivity contribution in [2.75, 3.05) is 32.0 Å². The lowest BCUT2D eigenvalue weighted by molar-refractivity contribution is -0.136. The van der Waals surface area contributed by atoms with Crippen molar-refractivity contribution in [3.63, 3.8) is 0 Å². The van der Waals surface area contributed by atoms with E-state index < -0.39 is 23.8 Å². The molecule has 11 nitrogen and oxygen atoms in total. The van der Waals surface area contributed by atoms with E-state index in [9.17, 15) is 19.2 Å². The number of anilines is 1. The minimum atomic E-state index is -0.962. The molecule has 2 saturated carbocycles. The van der Waals surface area contributed by atoms with Crippen molar-refractivity contribution in [3.8, 4) is 11.3 Å². The molecule has 3 aliphatic heterocycles. The second-order valence-corrected chi connectivity index (χ2v) is 13.1. The molecule has 2 aromatic heterocycles. The van der Waals surface area contributed by atoms with Gasteiger partial charge in [0.2, 0.25) is 11.8 Å². The van der Waals surface area contributed by atoms with Gasteiger partial charge < -0.3 is 10.2 Å². The van der Waals surface area contributed by atoms with Crippen LogP contribution >= 0.6 is 0 Å². The third kappa shape index (κ3) is 4.70. The molecule has 1 atom stereocenters.